The summed E-state index contributed by atoms with van der Waals surface area (Å²) in [6.45, 7) is 6.16. The van der Waals surface area contributed by atoms with Crippen molar-refractivity contribution in [1.29, 1.82) is 0 Å². The van der Waals surface area contributed by atoms with Crippen molar-refractivity contribution in [2.75, 3.05) is 7.11 Å². The molecule has 158 valence electrons. The van der Waals surface area contributed by atoms with Gasteiger partial charge in [0.1, 0.15) is 23.4 Å². The maximum atomic E-state index is 5.94. The molecule has 0 N–H and O–H groups in total. The van der Waals surface area contributed by atoms with Gasteiger partial charge in [0.05, 0.1) is 19.0 Å². The van der Waals surface area contributed by atoms with E-state index >= 15 is 0 Å². The molecular formula is C20H20N8O3. The predicted octanol–water partition coefficient (Wildman–Crippen LogP) is 3.00. The van der Waals surface area contributed by atoms with Crippen molar-refractivity contribution in [1.82, 2.24) is 39.7 Å². The molecule has 0 radical (unpaired) electrons. The van der Waals surface area contributed by atoms with E-state index in [0.29, 0.717) is 28.7 Å². The molecule has 0 amide bonds. The van der Waals surface area contributed by atoms with Crippen molar-refractivity contribution >= 4 is 16.7 Å². The van der Waals surface area contributed by atoms with Gasteiger partial charge in [-0.05, 0) is 32.9 Å². The molecule has 0 unspecified atom stereocenters. The molecule has 5 aromatic heterocycles. The predicted molar refractivity (Wildman–Crippen MR) is 110 cm³/mol. The third-order valence-electron chi connectivity index (χ3n) is 4.73. The minimum Gasteiger partial charge on any atom is -0.491 e. The molecule has 5 aromatic rings. The molecule has 5 heterocycles. The van der Waals surface area contributed by atoms with E-state index in [9.17, 15) is 0 Å². The van der Waals surface area contributed by atoms with Gasteiger partial charge in [0.25, 0.3) is 5.88 Å². The molecule has 0 saturated heterocycles. The van der Waals surface area contributed by atoms with Crippen LogP contribution in [0.25, 0.3) is 28.2 Å². The smallest absolute Gasteiger partial charge is 0.275 e. The number of ether oxygens (including phenoxy) is 2. The summed E-state index contributed by atoms with van der Waals surface area (Å²) in [7, 11) is 1.54. The van der Waals surface area contributed by atoms with Crippen molar-refractivity contribution in [3.63, 3.8) is 0 Å². The third kappa shape index (κ3) is 3.43. The number of methoxy groups -OCH3 is 1. The van der Waals surface area contributed by atoms with Crippen LogP contribution in [0.15, 0.2) is 35.0 Å². The van der Waals surface area contributed by atoms with Crippen LogP contribution in [-0.4, -0.2) is 46.8 Å². The number of pyridine rings is 1. The molecule has 0 spiro atoms. The normalized spacial score (nSPS) is 11.6. The summed E-state index contributed by atoms with van der Waals surface area (Å²) < 4.78 is 19.9. The standard InChI is InChI=1S/C20H20N8O3/c1-11(2)27-9-16-14(24-27)6-5-13(21-16)10-30-20-17(29-4)8-18-22-23-19(28(18)25-20)15-7-12(3)31-26-15/h5-9,11H,10H2,1-4H3. The second kappa shape index (κ2) is 7.35. The van der Waals surface area contributed by atoms with Crippen molar-refractivity contribution in [2.24, 2.45) is 0 Å². The number of hydrogen-bond acceptors (Lipinski definition) is 9. The molecule has 0 atom stereocenters. The number of fused-ring (bicyclic) bond motifs is 2. The molecular weight excluding hydrogens is 400 g/mol. The van der Waals surface area contributed by atoms with Gasteiger partial charge >= 0.3 is 0 Å². The van der Waals surface area contributed by atoms with Crippen LogP contribution in [0.4, 0.5) is 0 Å². The van der Waals surface area contributed by atoms with Gasteiger partial charge in [0.2, 0.25) is 5.82 Å². The lowest BCUT2D eigenvalue weighted by Crippen LogP contribution is -2.05. The third-order valence-corrected chi connectivity index (χ3v) is 4.73. The topological polar surface area (TPSA) is 118 Å². The largest absolute Gasteiger partial charge is 0.491 e. The van der Waals surface area contributed by atoms with Crippen LogP contribution in [0.5, 0.6) is 11.6 Å². The monoisotopic (exact) mass is 420 g/mol. The number of rotatable bonds is 6. The second-order valence-corrected chi connectivity index (χ2v) is 7.33. The number of aromatic nitrogens is 8. The summed E-state index contributed by atoms with van der Waals surface area (Å²) in [4.78, 5) is 4.64. The minimum absolute atomic E-state index is 0.207. The maximum absolute atomic E-state index is 5.94. The number of aryl methyl sites for hydroxylation is 1. The van der Waals surface area contributed by atoms with Crippen LogP contribution in [0, 0.1) is 6.92 Å². The van der Waals surface area contributed by atoms with Gasteiger partial charge in [-0.15, -0.1) is 15.3 Å². The first-order valence-electron chi connectivity index (χ1n) is 9.73. The Labute approximate surface area is 176 Å². The Morgan fingerprint density at radius 2 is 1.97 bits per heavy atom. The van der Waals surface area contributed by atoms with Crippen LogP contribution >= 0.6 is 0 Å². The molecule has 0 aromatic carbocycles. The van der Waals surface area contributed by atoms with E-state index < -0.39 is 0 Å². The van der Waals surface area contributed by atoms with Crippen LogP contribution in [0.2, 0.25) is 0 Å². The van der Waals surface area contributed by atoms with Crippen LogP contribution in [0.1, 0.15) is 31.3 Å². The Kier molecular flexibility index (Phi) is 4.50. The fraction of sp³-hybridized carbons (Fsp3) is 0.300. The van der Waals surface area contributed by atoms with E-state index in [1.165, 1.54) is 0 Å². The van der Waals surface area contributed by atoms with Gasteiger partial charge in [-0.1, -0.05) is 5.16 Å². The highest BCUT2D eigenvalue weighted by atomic mass is 16.5. The molecule has 11 nitrogen and oxygen atoms in total. The molecule has 0 aliphatic heterocycles. The summed E-state index contributed by atoms with van der Waals surface area (Å²) >= 11 is 0. The van der Waals surface area contributed by atoms with Gasteiger partial charge in [-0.25, -0.2) is 4.98 Å². The molecule has 0 aliphatic carbocycles. The van der Waals surface area contributed by atoms with Gasteiger partial charge in [0, 0.05) is 18.2 Å². The lowest BCUT2D eigenvalue weighted by molar-refractivity contribution is 0.264. The Hall–Kier alpha value is -4.02. The van der Waals surface area contributed by atoms with Gasteiger partial charge in [0.15, 0.2) is 17.1 Å². The second-order valence-electron chi connectivity index (χ2n) is 7.33. The van der Waals surface area contributed by atoms with E-state index in [4.69, 9.17) is 14.0 Å². The Morgan fingerprint density at radius 3 is 2.71 bits per heavy atom. The number of nitrogens with zero attached hydrogens (tertiary/aromatic N) is 8. The molecule has 0 bridgehead atoms. The zero-order valence-electron chi connectivity index (χ0n) is 17.5. The van der Waals surface area contributed by atoms with Crippen LogP contribution < -0.4 is 9.47 Å². The molecule has 0 aliphatic rings. The molecule has 0 saturated carbocycles. The van der Waals surface area contributed by atoms with Gasteiger partial charge in [-0.3, -0.25) is 4.68 Å². The van der Waals surface area contributed by atoms with E-state index in [1.807, 2.05) is 23.0 Å². The fourth-order valence-electron chi connectivity index (χ4n) is 3.13. The average molecular weight is 420 g/mol. The highest BCUT2D eigenvalue weighted by Gasteiger charge is 2.18. The number of hydrogen-bond donors (Lipinski definition) is 0. The maximum Gasteiger partial charge on any atom is 0.275 e. The van der Waals surface area contributed by atoms with E-state index in [2.05, 4.69) is 44.4 Å². The van der Waals surface area contributed by atoms with E-state index in [0.717, 1.165) is 16.7 Å². The summed E-state index contributed by atoms with van der Waals surface area (Å²) in [6, 6.07) is 7.54. The zero-order chi connectivity index (χ0) is 21.5. The fourth-order valence-corrected chi connectivity index (χ4v) is 3.13. The van der Waals surface area contributed by atoms with Crippen LogP contribution in [-0.2, 0) is 6.61 Å². The first-order chi connectivity index (χ1) is 15.0. The molecule has 11 heteroatoms. The van der Waals surface area contributed by atoms with Crippen LogP contribution in [0.3, 0.4) is 0 Å². The summed E-state index contributed by atoms with van der Waals surface area (Å²) in [5.41, 5.74) is 3.43. The summed E-state index contributed by atoms with van der Waals surface area (Å²) in [5, 5.41) is 21.3. The summed E-state index contributed by atoms with van der Waals surface area (Å²) in [5.74, 6) is 1.84. The van der Waals surface area contributed by atoms with Crippen molar-refractivity contribution in [3.05, 3.63) is 41.9 Å². The quantitative estimate of drug-likeness (QED) is 0.408. The molecule has 31 heavy (non-hydrogen) atoms. The summed E-state index contributed by atoms with van der Waals surface area (Å²) in [6.07, 6.45) is 1.93. The van der Waals surface area contributed by atoms with E-state index in [-0.39, 0.29) is 18.5 Å². The van der Waals surface area contributed by atoms with Crippen molar-refractivity contribution < 1.29 is 14.0 Å². The highest BCUT2D eigenvalue weighted by Crippen LogP contribution is 2.28. The minimum atomic E-state index is 0.207. The Bertz CT molecular complexity index is 1380. The average Bonchev–Trinajstić information content (AvgIpc) is 3.48. The van der Waals surface area contributed by atoms with Crippen molar-refractivity contribution in [3.8, 4) is 23.1 Å². The lowest BCUT2D eigenvalue weighted by Gasteiger charge is -2.09. The van der Waals surface area contributed by atoms with Crippen molar-refractivity contribution in [2.45, 2.75) is 33.4 Å². The SMILES string of the molecule is COc1cc2nnc(-c3cc(C)on3)n2nc1OCc1ccc2nn(C(C)C)cc2n1. The van der Waals surface area contributed by atoms with Gasteiger partial charge in [-0.2, -0.15) is 9.61 Å². The first-order valence-corrected chi connectivity index (χ1v) is 9.73. The zero-order valence-corrected chi connectivity index (χ0v) is 17.5. The Balaban J connectivity index is 1.46. The lowest BCUT2D eigenvalue weighted by atomic mass is 10.3. The molecule has 0 fully saturated rings. The Morgan fingerprint density at radius 1 is 1.10 bits per heavy atom. The van der Waals surface area contributed by atoms with Gasteiger partial charge < -0.3 is 14.0 Å². The molecule has 5 rings (SSSR count). The highest BCUT2D eigenvalue weighted by molar-refractivity contribution is 5.73. The first kappa shape index (κ1) is 19.0. The van der Waals surface area contributed by atoms with E-state index in [1.54, 1.807) is 30.7 Å².